The molecule has 2 aromatic rings. The number of rotatable bonds is 4. The van der Waals surface area contributed by atoms with E-state index in [-0.39, 0.29) is 29.3 Å². The van der Waals surface area contributed by atoms with Crippen molar-refractivity contribution in [2.24, 2.45) is 0 Å². The number of likely N-dealkylation sites (tertiary alicyclic amines) is 1. The third-order valence-electron chi connectivity index (χ3n) is 4.74. The molecule has 1 fully saturated rings. The van der Waals surface area contributed by atoms with Gasteiger partial charge in [-0.3, -0.25) is 9.59 Å². The first kappa shape index (κ1) is 18.9. The zero-order chi connectivity index (χ0) is 19.4. The summed E-state index contributed by atoms with van der Waals surface area (Å²) < 4.78 is 6.32. The number of piperidine rings is 1. The van der Waals surface area contributed by atoms with Gasteiger partial charge >= 0.3 is 6.09 Å². The summed E-state index contributed by atoms with van der Waals surface area (Å²) in [5, 5.41) is 8.29. The van der Waals surface area contributed by atoms with E-state index in [4.69, 9.17) is 4.74 Å². The highest BCUT2D eigenvalue weighted by atomic mass is 16.6. The van der Waals surface area contributed by atoms with Crippen LogP contribution in [0.5, 0.6) is 0 Å². The Balaban J connectivity index is 1.75. The molecule has 8 nitrogen and oxygen atoms in total. The van der Waals surface area contributed by atoms with Gasteiger partial charge in [0.15, 0.2) is 5.69 Å². The number of hydrogen-bond acceptors (Lipinski definition) is 5. The fraction of sp³-hybridized carbons (Fsp3) is 0.474. The highest BCUT2D eigenvalue weighted by Gasteiger charge is 2.26. The fourth-order valence-corrected chi connectivity index (χ4v) is 3.29. The van der Waals surface area contributed by atoms with Crippen molar-refractivity contribution in [3.8, 4) is 0 Å². The summed E-state index contributed by atoms with van der Waals surface area (Å²) >= 11 is 0. The topological polar surface area (TPSA) is 93.5 Å². The average molecular weight is 372 g/mol. The Hall–Kier alpha value is -2.90. The molecule has 1 saturated heterocycles. The number of aryl methyl sites for hydroxylation is 1. The van der Waals surface area contributed by atoms with E-state index >= 15 is 0 Å². The lowest BCUT2D eigenvalue weighted by atomic mass is 10.0. The summed E-state index contributed by atoms with van der Waals surface area (Å²) in [7, 11) is 0. The summed E-state index contributed by atoms with van der Waals surface area (Å²) in [6.07, 6.45) is 0.983. The van der Waals surface area contributed by atoms with Crippen LogP contribution in [-0.2, 0) is 11.3 Å². The lowest BCUT2D eigenvalue weighted by Crippen LogP contribution is -2.47. The number of carbonyl (C=O) groups excluding carboxylic acids is 2. The molecule has 3 rings (SSSR count). The number of aromatic nitrogens is 2. The molecule has 1 N–H and O–H groups in total. The molecular weight excluding hydrogens is 348 g/mol. The predicted molar refractivity (Wildman–Crippen MR) is 101 cm³/mol. The van der Waals surface area contributed by atoms with E-state index < -0.39 is 0 Å². The lowest BCUT2D eigenvalue weighted by Gasteiger charge is -2.31. The Labute approximate surface area is 157 Å². The normalized spacial score (nSPS) is 15.0. The highest BCUT2D eigenvalue weighted by Crippen LogP contribution is 2.16. The van der Waals surface area contributed by atoms with Crippen molar-refractivity contribution in [2.45, 2.75) is 39.3 Å². The van der Waals surface area contributed by atoms with Gasteiger partial charge in [-0.15, -0.1) is 0 Å². The van der Waals surface area contributed by atoms with Crippen LogP contribution >= 0.6 is 0 Å². The smallest absolute Gasteiger partial charge is 0.409 e. The van der Waals surface area contributed by atoms with Gasteiger partial charge in [-0.25, -0.2) is 9.48 Å². The second kappa shape index (κ2) is 8.20. The molecule has 0 spiro atoms. The summed E-state index contributed by atoms with van der Waals surface area (Å²) in [6.45, 7) is 5.40. The van der Waals surface area contributed by atoms with Crippen LogP contribution < -0.4 is 10.9 Å². The van der Waals surface area contributed by atoms with Crippen molar-refractivity contribution >= 4 is 22.8 Å². The molecule has 2 amide bonds. The van der Waals surface area contributed by atoms with Crippen molar-refractivity contribution in [3.05, 3.63) is 40.3 Å². The molecule has 144 valence electrons. The monoisotopic (exact) mass is 372 g/mol. The molecule has 1 aromatic heterocycles. The lowest BCUT2D eigenvalue weighted by molar-refractivity contribution is 0.0856. The van der Waals surface area contributed by atoms with Crippen molar-refractivity contribution in [1.29, 1.82) is 0 Å². The van der Waals surface area contributed by atoms with Gasteiger partial charge in [0, 0.05) is 31.1 Å². The zero-order valence-corrected chi connectivity index (χ0v) is 15.6. The number of fused-ring (bicyclic) bond motifs is 1. The number of ether oxygens (including phenoxy) is 1. The maximum atomic E-state index is 12.8. The fourth-order valence-electron chi connectivity index (χ4n) is 3.29. The number of benzene rings is 1. The Morgan fingerprint density at radius 1 is 1.19 bits per heavy atom. The molecule has 8 heteroatoms. The quantitative estimate of drug-likeness (QED) is 0.883. The van der Waals surface area contributed by atoms with Gasteiger partial charge in [-0.2, -0.15) is 5.10 Å². The van der Waals surface area contributed by atoms with E-state index in [0.29, 0.717) is 49.9 Å². The molecule has 2 heterocycles. The van der Waals surface area contributed by atoms with E-state index in [1.165, 1.54) is 4.68 Å². The van der Waals surface area contributed by atoms with Gasteiger partial charge in [0.2, 0.25) is 0 Å². The minimum absolute atomic E-state index is 0.0502. The molecule has 27 heavy (non-hydrogen) atoms. The van der Waals surface area contributed by atoms with Crippen molar-refractivity contribution in [1.82, 2.24) is 20.0 Å². The van der Waals surface area contributed by atoms with Crippen LogP contribution in [0.4, 0.5) is 4.79 Å². The van der Waals surface area contributed by atoms with Gasteiger partial charge in [0.05, 0.1) is 12.0 Å². The molecule has 0 unspecified atom stereocenters. The van der Waals surface area contributed by atoms with Crippen LogP contribution in [0.25, 0.3) is 10.8 Å². The molecule has 0 saturated carbocycles. The van der Waals surface area contributed by atoms with Crippen molar-refractivity contribution in [2.75, 3.05) is 19.7 Å². The van der Waals surface area contributed by atoms with Gasteiger partial charge < -0.3 is 15.0 Å². The summed E-state index contributed by atoms with van der Waals surface area (Å²) in [5.41, 5.74) is 0.0484. The highest BCUT2D eigenvalue weighted by molar-refractivity contribution is 6.04. The van der Waals surface area contributed by atoms with Gasteiger partial charge in [0.1, 0.15) is 0 Å². The predicted octanol–water partition coefficient (Wildman–Crippen LogP) is 1.77. The van der Waals surface area contributed by atoms with Crippen LogP contribution in [0.3, 0.4) is 0 Å². The van der Waals surface area contributed by atoms with E-state index in [0.717, 1.165) is 0 Å². The molecule has 1 aliphatic heterocycles. The average Bonchev–Trinajstić information content (AvgIpc) is 2.69. The van der Waals surface area contributed by atoms with Crippen molar-refractivity contribution in [3.63, 3.8) is 0 Å². The first-order valence-electron chi connectivity index (χ1n) is 9.27. The Morgan fingerprint density at radius 3 is 2.48 bits per heavy atom. The van der Waals surface area contributed by atoms with Crippen LogP contribution in [0.15, 0.2) is 29.1 Å². The molecule has 0 radical (unpaired) electrons. The van der Waals surface area contributed by atoms with Crippen molar-refractivity contribution < 1.29 is 14.3 Å². The third-order valence-corrected chi connectivity index (χ3v) is 4.74. The van der Waals surface area contributed by atoms with Gasteiger partial charge in [-0.05, 0) is 32.8 Å². The Kier molecular flexibility index (Phi) is 5.73. The number of nitrogens with zero attached hydrogens (tertiary/aromatic N) is 3. The molecule has 0 atom stereocenters. The van der Waals surface area contributed by atoms with Gasteiger partial charge in [0.25, 0.3) is 11.5 Å². The van der Waals surface area contributed by atoms with E-state index in [9.17, 15) is 14.4 Å². The third kappa shape index (κ3) is 3.94. The summed E-state index contributed by atoms with van der Waals surface area (Å²) in [5.74, 6) is -0.303. The zero-order valence-electron chi connectivity index (χ0n) is 15.6. The van der Waals surface area contributed by atoms with E-state index in [2.05, 4.69) is 10.4 Å². The molecule has 1 aliphatic rings. The summed E-state index contributed by atoms with van der Waals surface area (Å²) in [4.78, 5) is 38.6. The van der Waals surface area contributed by atoms with Gasteiger partial charge in [-0.1, -0.05) is 18.2 Å². The first-order chi connectivity index (χ1) is 13.0. The largest absolute Gasteiger partial charge is 0.450 e. The molecular formula is C19H24N4O4. The maximum Gasteiger partial charge on any atom is 0.409 e. The van der Waals surface area contributed by atoms with Crippen LogP contribution in [0.2, 0.25) is 0 Å². The number of carbonyl (C=O) groups is 2. The standard InChI is InChI=1S/C19H24N4O4/c1-3-23-18(25)15-8-6-5-7-14(15)16(21-23)17(24)20-13-9-11-22(12-10-13)19(26)27-4-2/h5-8,13H,3-4,9-12H2,1-2H3,(H,20,24). The minimum atomic E-state index is -0.315. The van der Waals surface area contributed by atoms with E-state index in [1.807, 2.05) is 6.92 Å². The Bertz CT molecular complexity index is 900. The van der Waals surface area contributed by atoms with E-state index in [1.54, 1.807) is 36.1 Å². The number of nitrogens with one attached hydrogen (secondary N) is 1. The Morgan fingerprint density at radius 2 is 1.85 bits per heavy atom. The summed E-state index contributed by atoms with van der Waals surface area (Å²) in [6, 6.07) is 6.96. The SMILES string of the molecule is CCOC(=O)N1CCC(NC(=O)c2nn(CC)c(=O)c3ccccc23)CC1. The molecule has 0 aliphatic carbocycles. The van der Waals surface area contributed by atoms with Crippen LogP contribution in [-0.4, -0.2) is 52.4 Å². The molecule has 0 bridgehead atoms. The molecule has 1 aromatic carbocycles. The maximum absolute atomic E-state index is 12.8. The minimum Gasteiger partial charge on any atom is -0.450 e. The number of amides is 2. The van der Waals surface area contributed by atoms with Crippen LogP contribution in [0.1, 0.15) is 37.2 Å². The second-order valence-corrected chi connectivity index (χ2v) is 6.45. The second-order valence-electron chi connectivity index (χ2n) is 6.45. The van der Waals surface area contributed by atoms with Crippen LogP contribution in [0, 0.1) is 0 Å². The number of hydrogen-bond donors (Lipinski definition) is 1. The first-order valence-corrected chi connectivity index (χ1v) is 9.27.